The molecule has 0 aromatic rings. The van der Waals surface area contributed by atoms with Crippen LogP contribution in [0.2, 0.25) is 0 Å². The zero-order valence-electron chi connectivity index (χ0n) is 11.8. The van der Waals surface area contributed by atoms with Crippen LogP contribution in [0.5, 0.6) is 0 Å². The van der Waals surface area contributed by atoms with Crippen LogP contribution in [0.4, 0.5) is 0 Å². The Hall–Kier alpha value is -1.15. The second-order valence-electron chi connectivity index (χ2n) is 4.94. The van der Waals surface area contributed by atoms with E-state index in [0.717, 1.165) is 4.31 Å². The van der Waals surface area contributed by atoms with Crippen molar-refractivity contribution in [2.24, 2.45) is 5.41 Å². The highest BCUT2D eigenvalue weighted by Gasteiger charge is 2.44. The van der Waals surface area contributed by atoms with Gasteiger partial charge in [0.05, 0.1) is 12.0 Å². The fraction of sp³-hybridized carbons (Fsp3) is 0.833. The van der Waals surface area contributed by atoms with Crippen LogP contribution in [0.25, 0.3) is 0 Å². The van der Waals surface area contributed by atoms with Crippen LogP contribution >= 0.6 is 0 Å². The van der Waals surface area contributed by atoms with E-state index < -0.39 is 33.1 Å². The number of carboxylic acids is 1. The van der Waals surface area contributed by atoms with Gasteiger partial charge >= 0.3 is 11.9 Å². The molecule has 116 valence electrons. The van der Waals surface area contributed by atoms with Gasteiger partial charge in [0.15, 0.2) is 5.75 Å². The van der Waals surface area contributed by atoms with Crippen molar-refractivity contribution in [2.45, 2.75) is 33.1 Å². The van der Waals surface area contributed by atoms with Crippen molar-refractivity contribution in [1.29, 1.82) is 0 Å². The first-order valence-electron chi connectivity index (χ1n) is 6.64. The molecular formula is C12H21NO6S. The Labute approximate surface area is 118 Å². The number of carboxylic acid groups (broad SMARTS) is 1. The number of hydrogen-bond donors (Lipinski definition) is 1. The molecule has 1 N–H and O–H groups in total. The van der Waals surface area contributed by atoms with Crippen molar-refractivity contribution in [3.05, 3.63) is 0 Å². The molecule has 0 saturated carbocycles. The number of ether oxygens (including phenoxy) is 1. The van der Waals surface area contributed by atoms with Crippen molar-refractivity contribution in [3.63, 3.8) is 0 Å². The van der Waals surface area contributed by atoms with E-state index in [1.54, 1.807) is 13.8 Å². The molecule has 7 nitrogen and oxygen atoms in total. The number of piperidine rings is 1. The predicted octanol–water partition coefficient (Wildman–Crippen LogP) is 0.456. The first-order valence-corrected chi connectivity index (χ1v) is 8.25. The third kappa shape index (κ3) is 3.69. The van der Waals surface area contributed by atoms with E-state index in [-0.39, 0.29) is 19.7 Å². The van der Waals surface area contributed by atoms with E-state index in [2.05, 4.69) is 4.74 Å². The van der Waals surface area contributed by atoms with Crippen LogP contribution in [0.15, 0.2) is 0 Å². The van der Waals surface area contributed by atoms with Crippen LogP contribution in [0.3, 0.4) is 0 Å². The Morgan fingerprint density at radius 3 is 2.50 bits per heavy atom. The van der Waals surface area contributed by atoms with Gasteiger partial charge in [-0.15, -0.1) is 0 Å². The van der Waals surface area contributed by atoms with Gasteiger partial charge in [0, 0.05) is 13.1 Å². The van der Waals surface area contributed by atoms with Crippen molar-refractivity contribution in [2.75, 3.05) is 25.4 Å². The van der Waals surface area contributed by atoms with Gasteiger partial charge in [0.25, 0.3) is 0 Å². The standard InChI is InChI=1S/C12H21NO6S/c1-3-12(11(15)16)6-5-7-13(9-12)20(17,18)8-10(14)19-4-2/h3-9H2,1-2H3,(H,15,16). The minimum Gasteiger partial charge on any atom is -0.481 e. The molecule has 1 rings (SSSR count). The number of aliphatic carboxylic acids is 1. The number of sulfonamides is 1. The highest BCUT2D eigenvalue weighted by molar-refractivity contribution is 7.89. The summed E-state index contributed by atoms with van der Waals surface area (Å²) in [6, 6.07) is 0. The van der Waals surface area contributed by atoms with Gasteiger partial charge in [-0.25, -0.2) is 12.7 Å². The molecule has 0 bridgehead atoms. The monoisotopic (exact) mass is 307 g/mol. The molecule has 1 saturated heterocycles. The second-order valence-corrected chi connectivity index (χ2v) is 6.91. The molecule has 0 radical (unpaired) electrons. The fourth-order valence-electron chi connectivity index (χ4n) is 2.38. The number of carbonyl (C=O) groups is 2. The molecule has 1 heterocycles. The number of rotatable bonds is 6. The molecule has 8 heteroatoms. The molecular weight excluding hydrogens is 286 g/mol. The average Bonchev–Trinajstić information content (AvgIpc) is 2.38. The highest BCUT2D eigenvalue weighted by Crippen LogP contribution is 2.34. The lowest BCUT2D eigenvalue weighted by atomic mass is 9.78. The summed E-state index contributed by atoms with van der Waals surface area (Å²) in [7, 11) is -3.82. The van der Waals surface area contributed by atoms with Gasteiger partial charge in [-0.05, 0) is 26.2 Å². The summed E-state index contributed by atoms with van der Waals surface area (Å²) in [4.78, 5) is 22.7. The normalized spacial score (nSPS) is 24.3. The van der Waals surface area contributed by atoms with Crippen molar-refractivity contribution in [3.8, 4) is 0 Å². The zero-order valence-corrected chi connectivity index (χ0v) is 12.6. The van der Waals surface area contributed by atoms with Crippen LogP contribution < -0.4 is 0 Å². The topological polar surface area (TPSA) is 101 Å². The van der Waals surface area contributed by atoms with Crippen LogP contribution in [-0.4, -0.2) is 55.2 Å². The molecule has 0 aromatic heterocycles. The fourth-order valence-corrected chi connectivity index (χ4v) is 3.80. The maximum atomic E-state index is 12.1. The third-order valence-electron chi connectivity index (χ3n) is 3.67. The summed E-state index contributed by atoms with van der Waals surface area (Å²) in [5.74, 6) is -2.54. The minimum atomic E-state index is -3.82. The summed E-state index contributed by atoms with van der Waals surface area (Å²) in [5, 5.41) is 9.33. The molecule has 20 heavy (non-hydrogen) atoms. The van der Waals surface area contributed by atoms with Crippen molar-refractivity contribution < 1.29 is 27.9 Å². The van der Waals surface area contributed by atoms with E-state index in [9.17, 15) is 23.1 Å². The molecule has 1 atom stereocenters. The first-order chi connectivity index (χ1) is 9.27. The average molecular weight is 307 g/mol. The molecule has 1 unspecified atom stereocenters. The van der Waals surface area contributed by atoms with E-state index in [1.165, 1.54) is 0 Å². The van der Waals surface area contributed by atoms with Gasteiger partial charge in [-0.2, -0.15) is 0 Å². The van der Waals surface area contributed by atoms with Gasteiger partial charge in [0.2, 0.25) is 10.0 Å². The number of hydrogen-bond acceptors (Lipinski definition) is 5. The van der Waals surface area contributed by atoms with Crippen molar-refractivity contribution in [1.82, 2.24) is 4.31 Å². The Bertz CT molecular complexity index is 474. The summed E-state index contributed by atoms with van der Waals surface area (Å²) in [6.45, 7) is 3.60. The SMILES string of the molecule is CCOC(=O)CS(=O)(=O)N1CCCC(CC)(C(=O)O)C1. The third-order valence-corrected chi connectivity index (χ3v) is 5.37. The molecule has 1 fully saturated rings. The zero-order chi connectivity index (χ0) is 15.4. The van der Waals surface area contributed by atoms with E-state index >= 15 is 0 Å². The van der Waals surface area contributed by atoms with Crippen LogP contribution in [-0.2, 0) is 24.3 Å². The Balaban J connectivity index is 2.85. The minimum absolute atomic E-state index is 0.0828. The quantitative estimate of drug-likeness (QED) is 0.715. The maximum Gasteiger partial charge on any atom is 0.322 e. The number of esters is 1. The molecule has 0 aliphatic carbocycles. The van der Waals surface area contributed by atoms with E-state index in [4.69, 9.17) is 0 Å². The highest BCUT2D eigenvalue weighted by atomic mass is 32.2. The largest absolute Gasteiger partial charge is 0.481 e. The lowest BCUT2D eigenvalue weighted by Gasteiger charge is -2.38. The number of carbonyl (C=O) groups excluding carboxylic acids is 1. The van der Waals surface area contributed by atoms with Crippen molar-refractivity contribution >= 4 is 22.0 Å². The maximum absolute atomic E-state index is 12.1. The summed E-state index contributed by atoms with van der Waals surface area (Å²) < 4.78 is 30.0. The molecule has 0 spiro atoms. The molecule has 0 amide bonds. The van der Waals surface area contributed by atoms with E-state index in [1.807, 2.05) is 0 Å². The first kappa shape index (κ1) is 16.9. The van der Waals surface area contributed by atoms with Crippen LogP contribution in [0.1, 0.15) is 33.1 Å². The Kier molecular flexibility index (Phi) is 5.52. The molecule has 1 aliphatic rings. The lowest BCUT2D eigenvalue weighted by Crippen LogP contribution is -2.50. The Morgan fingerprint density at radius 2 is 2.00 bits per heavy atom. The van der Waals surface area contributed by atoms with Gasteiger partial charge in [-0.3, -0.25) is 9.59 Å². The van der Waals surface area contributed by atoms with Gasteiger partial charge < -0.3 is 9.84 Å². The Morgan fingerprint density at radius 1 is 1.35 bits per heavy atom. The number of nitrogens with zero attached hydrogens (tertiary/aromatic N) is 1. The van der Waals surface area contributed by atoms with E-state index in [0.29, 0.717) is 19.3 Å². The summed E-state index contributed by atoms with van der Waals surface area (Å²) >= 11 is 0. The summed E-state index contributed by atoms with van der Waals surface area (Å²) in [6.07, 6.45) is 1.28. The summed E-state index contributed by atoms with van der Waals surface area (Å²) in [5.41, 5.74) is -1.06. The molecule has 0 aromatic carbocycles. The lowest BCUT2D eigenvalue weighted by molar-refractivity contribution is -0.151. The van der Waals surface area contributed by atoms with Gasteiger partial charge in [-0.1, -0.05) is 6.92 Å². The van der Waals surface area contributed by atoms with Gasteiger partial charge in [0.1, 0.15) is 0 Å². The van der Waals surface area contributed by atoms with Crippen LogP contribution in [0, 0.1) is 5.41 Å². The molecule has 1 aliphatic heterocycles. The smallest absolute Gasteiger partial charge is 0.322 e. The second kappa shape index (κ2) is 6.53. The predicted molar refractivity (Wildman–Crippen MR) is 71.6 cm³/mol.